The molecule has 0 unspecified atom stereocenters. The Morgan fingerprint density at radius 3 is 2.82 bits per heavy atom. The SMILES string of the molecule is CCCCN(c1cc(C)ncc1CN)C1CC1. The third-order valence-corrected chi connectivity index (χ3v) is 3.37. The van der Waals surface area contributed by atoms with Crippen LogP contribution in [0.1, 0.15) is 43.9 Å². The van der Waals surface area contributed by atoms with Crippen molar-refractivity contribution in [2.24, 2.45) is 5.73 Å². The lowest BCUT2D eigenvalue weighted by Crippen LogP contribution is -2.28. The average Bonchev–Trinajstić information content (AvgIpc) is 3.14. The lowest BCUT2D eigenvalue weighted by atomic mass is 10.1. The molecule has 1 aliphatic carbocycles. The van der Waals surface area contributed by atoms with Crippen molar-refractivity contribution in [1.82, 2.24) is 4.98 Å². The number of anilines is 1. The number of nitrogens with two attached hydrogens (primary N) is 1. The third-order valence-electron chi connectivity index (χ3n) is 3.37. The van der Waals surface area contributed by atoms with Gasteiger partial charge in [0, 0.05) is 42.3 Å². The van der Waals surface area contributed by atoms with Gasteiger partial charge in [0.1, 0.15) is 0 Å². The Hall–Kier alpha value is -1.09. The summed E-state index contributed by atoms with van der Waals surface area (Å²) < 4.78 is 0. The van der Waals surface area contributed by atoms with E-state index >= 15 is 0 Å². The largest absolute Gasteiger partial charge is 0.368 e. The summed E-state index contributed by atoms with van der Waals surface area (Å²) in [6, 6.07) is 2.93. The summed E-state index contributed by atoms with van der Waals surface area (Å²) in [6.07, 6.45) is 7.09. The van der Waals surface area contributed by atoms with Gasteiger partial charge in [-0.15, -0.1) is 0 Å². The highest BCUT2D eigenvalue weighted by molar-refractivity contribution is 5.55. The molecule has 17 heavy (non-hydrogen) atoms. The van der Waals surface area contributed by atoms with Crippen molar-refractivity contribution in [2.45, 2.75) is 52.1 Å². The smallest absolute Gasteiger partial charge is 0.0447 e. The molecular formula is C14H23N3. The van der Waals surface area contributed by atoms with Crippen molar-refractivity contribution < 1.29 is 0 Å². The van der Waals surface area contributed by atoms with Gasteiger partial charge in [-0.2, -0.15) is 0 Å². The van der Waals surface area contributed by atoms with Gasteiger partial charge in [-0.3, -0.25) is 4.98 Å². The molecule has 94 valence electrons. The first-order valence-corrected chi connectivity index (χ1v) is 6.68. The fourth-order valence-corrected chi connectivity index (χ4v) is 2.21. The molecule has 2 rings (SSSR count). The van der Waals surface area contributed by atoms with E-state index in [1.54, 1.807) is 0 Å². The maximum absolute atomic E-state index is 5.82. The van der Waals surface area contributed by atoms with E-state index in [-0.39, 0.29) is 0 Å². The maximum atomic E-state index is 5.82. The van der Waals surface area contributed by atoms with Crippen LogP contribution in [0.3, 0.4) is 0 Å². The molecule has 0 aliphatic heterocycles. The average molecular weight is 233 g/mol. The molecule has 0 saturated heterocycles. The summed E-state index contributed by atoms with van der Waals surface area (Å²) in [5.41, 5.74) is 9.40. The second-order valence-electron chi connectivity index (χ2n) is 4.94. The van der Waals surface area contributed by atoms with E-state index in [9.17, 15) is 0 Å². The molecule has 1 aliphatic rings. The molecule has 0 aromatic carbocycles. The molecule has 1 saturated carbocycles. The molecule has 0 atom stereocenters. The first-order valence-electron chi connectivity index (χ1n) is 6.68. The van der Waals surface area contributed by atoms with Gasteiger partial charge >= 0.3 is 0 Å². The first-order chi connectivity index (χ1) is 8.26. The number of unbranched alkanes of at least 4 members (excludes halogenated alkanes) is 1. The molecular weight excluding hydrogens is 210 g/mol. The Morgan fingerprint density at radius 1 is 1.47 bits per heavy atom. The molecule has 1 aromatic heterocycles. The van der Waals surface area contributed by atoms with E-state index in [0.717, 1.165) is 18.3 Å². The topological polar surface area (TPSA) is 42.2 Å². The van der Waals surface area contributed by atoms with Gasteiger partial charge in [0.25, 0.3) is 0 Å². The monoisotopic (exact) mass is 233 g/mol. The van der Waals surface area contributed by atoms with E-state index in [4.69, 9.17) is 5.73 Å². The highest BCUT2D eigenvalue weighted by atomic mass is 15.2. The highest BCUT2D eigenvalue weighted by Crippen LogP contribution is 2.33. The summed E-state index contributed by atoms with van der Waals surface area (Å²) in [5, 5.41) is 0. The minimum Gasteiger partial charge on any atom is -0.368 e. The molecule has 0 amide bonds. The van der Waals surface area contributed by atoms with Crippen LogP contribution < -0.4 is 10.6 Å². The molecule has 3 heteroatoms. The van der Waals surface area contributed by atoms with E-state index in [1.165, 1.54) is 36.9 Å². The van der Waals surface area contributed by atoms with Crippen LogP contribution in [0.2, 0.25) is 0 Å². The van der Waals surface area contributed by atoms with Crippen LogP contribution in [0.15, 0.2) is 12.3 Å². The molecule has 3 nitrogen and oxygen atoms in total. The number of hydrogen-bond acceptors (Lipinski definition) is 3. The van der Waals surface area contributed by atoms with Crippen LogP contribution in [-0.2, 0) is 6.54 Å². The minimum absolute atomic E-state index is 0.581. The van der Waals surface area contributed by atoms with Crippen LogP contribution in [-0.4, -0.2) is 17.6 Å². The molecule has 1 heterocycles. The van der Waals surface area contributed by atoms with E-state index in [1.807, 2.05) is 6.20 Å². The maximum Gasteiger partial charge on any atom is 0.0447 e. The highest BCUT2D eigenvalue weighted by Gasteiger charge is 2.29. The summed E-state index contributed by atoms with van der Waals surface area (Å²) in [4.78, 5) is 6.89. The Labute approximate surface area is 104 Å². The lowest BCUT2D eigenvalue weighted by molar-refractivity contribution is 0.708. The van der Waals surface area contributed by atoms with Crippen LogP contribution >= 0.6 is 0 Å². The number of aryl methyl sites for hydroxylation is 1. The standard InChI is InChI=1S/C14H23N3/c1-3-4-7-17(13-5-6-13)14-8-11(2)16-10-12(14)9-15/h8,10,13H,3-7,9,15H2,1-2H3. The lowest BCUT2D eigenvalue weighted by Gasteiger charge is -2.27. The van der Waals surface area contributed by atoms with Crippen LogP contribution in [0.5, 0.6) is 0 Å². The van der Waals surface area contributed by atoms with E-state index < -0.39 is 0 Å². The van der Waals surface area contributed by atoms with Crippen molar-refractivity contribution in [1.29, 1.82) is 0 Å². The minimum atomic E-state index is 0.581. The van der Waals surface area contributed by atoms with Crippen molar-refractivity contribution in [3.8, 4) is 0 Å². The van der Waals surface area contributed by atoms with Gasteiger partial charge < -0.3 is 10.6 Å². The van der Waals surface area contributed by atoms with Gasteiger partial charge in [-0.25, -0.2) is 0 Å². The van der Waals surface area contributed by atoms with E-state index in [2.05, 4.69) is 29.8 Å². The zero-order valence-electron chi connectivity index (χ0n) is 10.9. The fraction of sp³-hybridized carbons (Fsp3) is 0.643. The molecule has 0 spiro atoms. The van der Waals surface area contributed by atoms with Gasteiger partial charge in [-0.05, 0) is 32.3 Å². The van der Waals surface area contributed by atoms with Crippen molar-refractivity contribution in [3.05, 3.63) is 23.5 Å². The number of rotatable bonds is 6. The summed E-state index contributed by atoms with van der Waals surface area (Å²) in [5.74, 6) is 0. The van der Waals surface area contributed by atoms with Crippen molar-refractivity contribution in [2.75, 3.05) is 11.4 Å². The van der Waals surface area contributed by atoms with E-state index in [0.29, 0.717) is 6.54 Å². The quantitative estimate of drug-likeness (QED) is 0.821. The zero-order valence-corrected chi connectivity index (χ0v) is 10.9. The Kier molecular flexibility index (Phi) is 4.00. The second-order valence-corrected chi connectivity index (χ2v) is 4.94. The Bertz CT molecular complexity index is 372. The predicted octanol–water partition coefficient (Wildman–Crippen LogP) is 2.62. The summed E-state index contributed by atoms with van der Waals surface area (Å²) >= 11 is 0. The normalized spacial score (nSPS) is 15.0. The number of nitrogens with zero attached hydrogens (tertiary/aromatic N) is 2. The molecule has 2 N–H and O–H groups in total. The van der Waals surface area contributed by atoms with Gasteiger partial charge in [-0.1, -0.05) is 13.3 Å². The molecule has 1 aromatic rings. The predicted molar refractivity (Wildman–Crippen MR) is 72.1 cm³/mol. The fourth-order valence-electron chi connectivity index (χ4n) is 2.21. The first kappa shape index (κ1) is 12.4. The molecule has 0 bridgehead atoms. The summed E-state index contributed by atoms with van der Waals surface area (Å²) in [7, 11) is 0. The number of hydrogen-bond donors (Lipinski definition) is 1. The van der Waals surface area contributed by atoms with Crippen LogP contribution in [0.25, 0.3) is 0 Å². The number of pyridine rings is 1. The zero-order chi connectivity index (χ0) is 12.3. The van der Waals surface area contributed by atoms with Gasteiger partial charge in [0.05, 0.1) is 0 Å². The van der Waals surface area contributed by atoms with Crippen molar-refractivity contribution >= 4 is 5.69 Å². The Morgan fingerprint density at radius 2 is 2.24 bits per heavy atom. The van der Waals surface area contributed by atoms with Gasteiger partial charge in [0.2, 0.25) is 0 Å². The van der Waals surface area contributed by atoms with Gasteiger partial charge in [0.15, 0.2) is 0 Å². The molecule has 1 fully saturated rings. The second kappa shape index (κ2) is 5.50. The van der Waals surface area contributed by atoms with Crippen LogP contribution in [0.4, 0.5) is 5.69 Å². The van der Waals surface area contributed by atoms with Crippen molar-refractivity contribution in [3.63, 3.8) is 0 Å². The van der Waals surface area contributed by atoms with Crippen LogP contribution in [0, 0.1) is 6.92 Å². The Balaban J connectivity index is 2.23. The summed E-state index contributed by atoms with van der Waals surface area (Å²) in [6.45, 7) is 6.02. The number of aromatic nitrogens is 1. The third kappa shape index (κ3) is 2.97. The molecule has 0 radical (unpaired) electrons.